The number of rotatable bonds is 3. The highest BCUT2D eigenvalue weighted by atomic mass is 32.1. The van der Waals surface area contributed by atoms with Crippen LogP contribution in [0.5, 0.6) is 0 Å². The van der Waals surface area contributed by atoms with E-state index in [1.165, 1.54) is 28.2 Å². The van der Waals surface area contributed by atoms with Gasteiger partial charge in [-0.25, -0.2) is 4.79 Å². The third kappa shape index (κ3) is 3.35. The van der Waals surface area contributed by atoms with Gasteiger partial charge in [-0.1, -0.05) is 0 Å². The maximum atomic E-state index is 12.3. The molecule has 0 radical (unpaired) electrons. The first-order valence-corrected chi connectivity index (χ1v) is 8.54. The van der Waals surface area contributed by atoms with E-state index < -0.39 is 17.2 Å². The molecule has 0 aromatic carbocycles. The molecule has 1 aromatic rings. The van der Waals surface area contributed by atoms with Gasteiger partial charge in [-0.05, 0) is 65.0 Å². The number of fused-ring (bicyclic) bond motifs is 1. The van der Waals surface area contributed by atoms with Crippen LogP contribution in [0.2, 0.25) is 0 Å². The van der Waals surface area contributed by atoms with Crippen LogP contribution in [0.1, 0.15) is 55.9 Å². The summed E-state index contributed by atoms with van der Waals surface area (Å²) in [5.41, 5.74) is -0.231. The molecule has 4 nitrogen and oxygen atoms in total. The lowest BCUT2D eigenvalue weighted by Gasteiger charge is -2.34. The Morgan fingerprint density at radius 3 is 2.45 bits per heavy atom. The van der Waals surface area contributed by atoms with Gasteiger partial charge in [0.2, 0.25) is 0 Å². The Morgan fingerprint density at radius 1 is 1.27 bits per heavy atom. The van der Waals surface area contributed by atoms with Crippen molar-refractivity contribution >= 4 is 23.7 Å². The number of hydrogen-bond acceptors (Lipinski definition) is 4. The van der Waals surface area contributed by atoms with E-state index in [2.05, 4.69) is 6.07 Å². The van der Waals surface area contributed by atoms with E-state index >= 15 is 0 Å². The number of ether oxygens (including phenoxy) is 1. The molecule has 0 fully saturated rings. The van der Waals surface area contributed by atoms with Crippen molar-refractivity contribution in [2.45, 2.75) is 64.5 Å². The topological polar surface area (TPSA) is 46.6 Å². The van der Waals surface area contributed by atoms with E-state index in [9.17, 15) is 9.59 Å². The smallest absolute Gasteiger partial charge is 0.411 e. The molecule has 1 aliphatic rings. The number of aldehydes is 1. The fraction of sp³-hybridized carbons (Fsp3) is 0.647. The molecule has 22 heavy (non-hydrogen) atoms. The van der Waals surface area contributed by atoms with Gasteiger partial charge in [0.25, 0.3) is 0 Å². The zero-order chi connectivity index (χ0) is 16.5. The van der Waals surface area contributed by atoms with Gasteiger partial charge in [0.15, 0.2) is 6.29 Å². The molecule has 1 aliphatic carbocycles. The molecular weight excluding hydrogens is 298 g/mol. The van der Waals surface area contributed by atoms with Gasteiger partial charge in [0, 0.05) is 16.8 Å². The summed E-state index contributed by atoms with van der Waals surface area (Å²) >= 11 is 1.65. The molecule has 5 heteroatoms. The van der Waals surface area contributed by atoms with Crippen LogP contribution in [0, 0.1) is 0 Å². The van der Waals surface area contributed by atoms with Crippen molar-refractivity contribution < 1.29 is 14.3 Å². The van der Waals surface area contributed by atoms with Gasteiger partial charge in [0.05, 0.1) is 0 Å². The van der Waals surface area contributed by atoms with Crippen molar-refractivity contribution in [3.63, 3.8) is 0 Å². The zero-order valence-corrected chi connectivity index (χ0v) is 14.9. The van der Waals surface area contributed by atoms with Crippen LogP contribution in [0.25, 0.3) is 0 Å². The summed E-state index contributed by atoms with van der Waals surface area (Å²) in [5.74, 6) is 0. The average Bonchev–Trinajstić information content (AvgIpc) is 2.88. The quantitative estimate of drug-likeness (QED) is 0.792. The van der Waals surface area contributed by atoms with Crippen LogP contribution in [0.3, 0.4) is 0 Å². The molecule has 0 spiro atoms. The summed E-state index contributed by atoms with van der Waals surface area (Å²) in [6.07, 6.45) is 4.90. The molecule has 1 heterocycles. The molecule has 0 aliphatic heterocycles. The number of carbonyl (C=O) groups excluding carboxylic acids is 2. The van der Waals surface area contributed by atoms with Crippen molar-refractivity contribution in [3.05, 3.63) is 21.4 Å². The van der Waals surface area contributed by atoms with Crippen LogP contribution in [-0.4, -0.2) is 29.9 Å². The summed E-state index contributed by atoms with van der Waals surface area (Å²) in [6, 6.07) is 2.09. The first kappa shape index (κ1) is 17.0. The Balaban J connectivity index is 2.29. The number of hydrogen-bond donors (Lipinski definition) is 0. The fourth-order valence-electron chi connectivity index (χ4n) is 2.56. The highest BCUT2D eigenvalue weighted by molar-refractivity contribution is 7.12. The minimum absolute atomic E-state index is 0.478. The molecule has 0 saturated heterocycles. The predicted molar refractivity (Wildman–Crippen MR) is 88.4 cm³/mol. The van der Waals surface area contributed by atoms with E-state index in [0.29, 0.717) is 0 Å². The lowest BCUT2D eigenvalue weighted by atomic mass is 9.95. The number of nitrogens with zero attached hydrogens (tertiary/aromatic N) is 1. The molecule has 1 aromatic heterocycles. The lowest BCUT2D eigenvalue weighted by Crippen LogP contribution is -2.47. The van der Waals surface area contributed by atoms with Crippen LogP contribution in [0.15, 0.2) is 6.07 Å². The Kier molecular flexibility index (Phi) is 4.66. The fourth-order valence-corrected chi connectivity index (χ4v) is 3.96. The maximum absolute atomic E-state index is 12.3. The van der Waals surface area contributed by atoms with E-state index in [-0.39, 0.29) is 0 Å². The van der Waals surface area contributed by atoms with E-state index in [1.54, 1.807) is 25.3 Å². The second-order valence-electron chi connectivity index (χ2n) is 7.07. The largest absolute Gasteiger partial charge is 0.444 e. The highest BCUT2D eigenvalue weighted by Crippen LogP contribution is 2.37. The number of amides is 1. The molecule has 122 valence electrons. The van der Waals surface area contributed by atoms with Gasteiger partial charge < -0.3 is 9.53 Å². The first-order chi connectivity index (χ1) is 10.2. The van der Waals surface area contributed by atoms with E-state index in [0.717, 1.165) is 24.0 Å². The molecule has 1 unspecified atom stereocenters. The Bertz CT molecular complexity index is 549. The van der Waals surface area contributed by atoms with Crippen molar-refractivity contribution in [2.75, 3.05) is 7.05 Å². The highest BCUT2D eigenvalue weighted by Gasteiger charge is 2.38. The minimum atomic E-state index is -0.982. The number of aryl methyl sites for hydroxylation is 2. The normalized spacial score (nSPS) is 17.3. The van der Waals surface area contributed by atoms with Gasteiger partial charge in [-0.15, -0.1) is 11.3 Å². The van der Waals surface area contributed by atoms with E-state index in [1.807, 2.05) is 20.8 Å². The molecule has 0 bridgehead atoms. The van der Waals surface area contributed by atoms with Crippen LogP contribution >= 0.6 is 11.3 Å². The third-order valence-corrected chi connectivity index (χ3v) is 5.55. The Morgan fingerprint density at radius 2 is 1.91 bits per heavy atom. The number of thiophene rings is 1. The van der Waals surface area contributed by atoms with Crippen molar-refractivity contribution in [1.82, 2.24) is 4.90 Å². The summed E-state index contributed by atoms with van der Waals surface area (Å²) in [5, 5.41) is 0. The Hall–Kier alpha value is -1.36. The maximum Gasteiger partial charge on any atom is 0.411 e. The SMILES string of the molecule is CN(C(=O)OC(C)(C)C)C(C)(C=O)c1cc2c(s1)CCCC2. The second-order valence-corrected chi connectivity index (χ2v) is 8.21. The molecule has 2 rings (SSSR count). The second kappa shape index (κ2) is 6.03. The average molecular weight is 323 g/mol. The number of likely N-dealkylation sites (N-methyl/N-ethyl adjacent to an activating group) is 1. The van der Waals surface area contributed by atoms with Crippen molar-refractivity contribution in [3.8, 4) is 0 Å². The van der Waals surface area contributed by atoms with E-state index in [4.69, 9.17) is 4.74 Å². The van der Waals surface area contributed by atoms with Gasteiger partial charge in [-0.3, -0.25) is 4.90 Å². The third-order valence-electron chi connectivity index (χ3n) is 4.09. The van der Waals surface area contributed by atoms with Crippen molar-refractivity contribution in [2.24, 2.45) is 0 Å². The van der Waals surface area contributed by atoms with Crippen molar-refractivity contribution in [1.29, 1.82) is 0 Å². The summed E-state index contributed by atoms with van der Waals surface area (Å²) < 4.78 is 5.40. The van der Waals surface area contributed by atoms with Crippen LogP contribution in [0.4, 0.5) is 4.79 Å². The van der Waals surface area contributed by atoms with Crippen LogP contribution < -0.4 is 0 Å². The summed E-state index contributed by atoms with van der Waals surface area (Å²) in [4.78, 5) is 27.8. The van der Waals surface area contributed by atoms with Crippen LogP contribution in [-0.2, 0) is 27.9 Å². The first-order valence-electron chi connectivity index (χ1n) is 7.72. The summed E-state index contributed by atoms with van der Waals surface area (Å²) in [6.45, 7) is 7.24. The van der Waals surface area contributed by atoms with Gasteiger partial charge in [-0.2, -0.15) is 0 Å². The standard InChI is InChI=1S/C17H25NO3S/c1-16(2,3)21-15(20)18(5)17(4,11-19)14-10-12-8-6-7-9-13(12)22-14/h10-11H,6-9H2,1-5H3. The Labute approximate surface area is 136 Å². The molecular formula is C17H25NO3S. The molecule has 0 N–H and O–H groups in total. The number of carbonyl (C=O) groups is 2. The van der Waals surface area contributed by atoms with Gasteiger partial charge in [0.1, 0.15) is 11.1 Å². The molecule has 0 saturated carbocycles. The predicted octanol–water partition coefficient (Wildman–Crippen LogP) is 3.91. The summed E-state index contributed by atoms with van der Waals surface area (Å²) in [7, 11) is 1.63. The molecule has 1 atom stereocenters. The minimum Gasteiger partial charge on any atom is -0.444 e. The lowest BCUT2D eigenvalue weighted by molar-refractivity contribution is -0.117. The molecule has 1 amide bonds. The van der Waals surface area contributed by atoms with Gasteiger partial charge >= 0.3 is 6.09 Å². The zero-order valence-electron chi connectivity index (χ0n) is 14.1. The monoisotopic (exact) mass is 323 g/mol.